The Morgan fingerprint density at radius 3 is 2.75 bits per heavy atom. The maximum Gasteiger partial charge on any atom is 0.292 e. The third-order valence-corrected chi connectivity index (χ3v) is 3.84. The Hall–Kier alpha value is -2.11. The molecule has 1 amide bonds. The molecule has 6 nitrogen and oxygen atoms in total. The first-order chi connectivity index (χ1) is 9.59. The van der Waals surface area contributed by atoms with Crippen LogP contribution in [0.25, 0.3) is 0 Å². The standard InChI is InChI=1S/C14H19N3O3/c15-13-11(6-3-7-12(13)17(19)20)14(18)16-9-8-10-4-1-2-5-10/h3,6-7,10H,1-2,4-5,8-9,15H2,(H,16,18). The van der Waals surface area contributed by atoms with Gasteiger partial charge in [-0.05, 0) is 18.4 Å². The van der Waals surface area contributed by atoms with E-state index < -0.39 is 4.92 Å². The second-order valence-electron chi connectivity index (χ2n) is 5.19. The molecule has 1 aromatic carbocycles. The van der Waals surface area contributed by atoms with Crippen LogP contribution in [-0.4, -0.2) is 17.4 Å². The molecule has 0 spiro atoms. The average molecular weight is 277 g/mol. The van der Waals surface area contributed by atoms with Gasteiger partial charge < -0.3 is 11.1 Å². The van der Waals surface area contributed by atoms with Crippen LogP contribution in [-0.2, 0) is 0 Å². The zero-order chi connectivity index (χ0) is 14.5. The summed E-state index contributed by atoms with van der Waals surface area (Å²) in [4.78, 5) is 22.2. The minimum atomic E-state index is -0.579. The molecule has 0 unspecified atom stereocenters. The van der Waals surface area contributed by atoms with Crippen molar-refractivity contribution >= 4 is 17.3 Å². The van der Waals surface area contributed by atoms with Crippen LogP contribution in [0.4, 0.5) is 11.4 Å². The number of benzene rings is 1. The molecule has 0 bridgehead atoms. The number of nitro groups is 1. The second-order valence-corrected chi connectivity index (χ2v) is 5.19. The van der Waals surface area contributed by atoms with Crippen molar-refractivity contribution < 1.29 is 9.72 Å². The number of carbonyl (C=O) groups is 1. The lowest BCUT2D eigenvalue weighted by Gasteiger charge is -2.10. The molecule has 3 N–H and O–H groups in total. The van der Waals surface area contributed by atoms with Gasteiger partial charge in [0.25, 0.3) is 11.6 Å². The van der Waals surface area contributed by atoms with Crippen molar-refractivity contribution in [2.75, 3.05) is 12.3 Å². The van der Waals surface area contributed by atoms with E-state index in [-0.39, 0.29) is 22.8 Å². The fourth-order valence-electron chi connectivity index (χ4n) is 2.69. The lowest BCUT2D eigenvalue weighted by Crippen LogP contribution is -2.26. The lowest BCUT2D eigenvalue weighted by atomic mass is 10.0. The topological polar surface area (TPSA) is 98.3 Å². The van der Waals surface area contributed by atoms with Crippen LogP contribution in [0.5, 0.6) is 0 Å². The molecule has 1 aliphatic carbocycles. The molecule has 0 heterocycles. The van der Waals surface area contributed by atoms with Gasteiger partial charge in [0.2, 0.25) is 0 Å². The van der Waals surface area contributed by atoms with E-state index in [2.05, 4.69) is 5.32 Å². The number of nitro benzene ring substituents is 1. The van der Waals surface area contributed by atoms with E-state index in [1.54, 1.807) is 0 Å². The van der Waals surface area contributed by atoms with E-state index >= 15 is 0 Å². The lowest BCUT2D eigenvalue weighted by molar-refractivity contribution is -0.383. The van der Waals surface area contributed by atoms with Crippen molar-refractivity contribution in [1.29, 1.82) is 0 Å². The number of nitrogens with two attached hydrogens (primary N) is 1. The first kappa shape index (κ1) is 14.3. The number of nitrogens with zero attached hydrogens (tertiary/aromatic N) is 1. The van der Waals surface area contributed by atoms with Crippen molar-refractivity contribution in [3.05, 3.63) is 33.9 Å². The molecule has 6 heteroatoms. The highest BCUT2D eigenvalue weighted by Crippen LogP contribution is 2.27. The summed E-state index contributed by atoms with van der Waals surface area (Å²) in [6.07, 6.45) is 5.97. The Morgan fingerprint density at radius 2 is 2.10 bits per heavy atom. The van der Waals surface area contributed by atoms with Crippen molar-refractivity contribution in [2.24, 2.45) is 5.92 Å². The first-order valence-corrected chi connectivity index (χ1v) is 6.90. The van der Waals surface area contributed by atoms with Gasteiger partial charge in [-0.1, -0.05) is 31.7 Å². The smallest absolute Gasteiger partial charge is 0.292 e. The zero-order valence-electron chi connectivity index (χ0n) is 11.3. The predicted molar refractivity (Wildman–Crippen MR) is 76.4 cm³/mol. The molecule has 20 heavy (non-hydrogen) atoms. The highest BCUT2D eigenvalue weighted by Gasteiger charge is 2.19. The Bertz CT molecular complexity index is 510. The number of anilines is 1. The van der Waals surface area contributed by atoms with E-state index in [4.69, 9.17) is 5.73 Å². The van der Waals surface area contributed by atoms with Gasteiger partial charge in [-0.15, -0.1) is 0 Å². The number of amides is 1. The normalized spacial score (nSPS) is 15.2. The summed E-state index contributed by atoms with van der Waals surface area (Å²) in [5.41, 5.74) is 5.55. The summed E-state index contributed by atoms with van der Waals surface area (Å²) in [5.74, 6) is 0.349. The van der Waals surface area contributed by atoms with E-state index in [1.165, 1.54) is 43.9 Å². The van der Waals surface area contributed by atoms with Crippen LogP contribution in [0, 0.1) is 16.0 Å². The van der Waals surface area contributed by atoms with Crippen LogP contribution in [0.2, 0.25) is 0 Å². The van der Waals surface area contributed by atoms with Gasteiger partial charge in [-0.2, -0.15) is 0 Å². The number of carbonyl (C=O) groups excluding carboxylic acids is 1. The number of hydrogen-bond acceptors (Lipinski definition) is 4. The summed E-state index contributed by atoms with van der Waals surface area (Å²) in [5, 5.41) is 13.6. The second kappa shape index (κ2) is 6.36. The van der Waals surface area contributed by atoms with Gasteiger partial charge in [-0.3, -0.25) is 14.9 Å². The van der Waals surface area contributed by atoms with Crippen molar-refractivity contribution in [3.8, 4) is 0 Å². The Morgan fingerprint density at radius 1 is 1.40 bits per heavy atom. The van der Waals surface area contributed by atoms with E-state index in [1.807, 2.05) is 0 Å². The molecule has 0 atom stereocenters. The molecule has 0 aromatic heterocycles. The monoisotopic (exact) mass is 277 g/mol. The molecule has 0 radical (unpaired) electrons. The molecule has 0 saturated heterocycles. The molecule has 1 saturated carbocycles. The maximum atomic E-state index is 12.0. The Labute approximate surface area is 117 Å². The van der Waals surface area contributed by atoms with Crippen molar-refractivity contribution in [1.82, 2.24) is 5.32 Å². The molecule has 0 aliphatic heterocycles. The molecule has 2 rings (SSSR count). The van der Waals surface area contributed by atoms with Crippen LogP contribution in [0.3, 0.4) is 0 Å². The number of rotatable bonds is 5. The number of nitrogens with one attached hydrogen (secondary N) is 1. The maximum absolute atomic E-state index is 12.0. The summed E-state index contributed by atoms with van der Waals surface area (Å²) in [6, 6.07) is 4.28. The molecule has 1 fully saturated rings. The van der Waals surface area contributed by atoms with Gasteiger partial charge in [0.05, 0.1) is 10.5 Å². The van der Waals surface area contributed by atoms with Gasteiger partial charge in [0.1, 0.15) is 5.69 Å². The zero-order valence-corrected chi connectivity index (χ0v) is 11.3. The third-order valence-electron chi connectivity index (χ3n) is 3.84. The van der Waals surface area contributed by atoms with Crippen molar-refractivity contribution in [3.63, 3.8) is 0 Å². The molecular formula is C14H19N3O3. The first-order valence-electron chi connectivity index (χ1n) is 6.90. The molecule has 1 aliphatic rings. The number of para-hydroxylation sites is 1. The summed E-state index contributed by atoms with van der Waals surface area (Å²) < 4.78 is 0. The Balaban J connectivity index is 1.95. The van der Waals surface area contributed by atoms with Gasteiger partial charge >= 0.3 is 0 Å². The highest BCUT2D eigenvalue weighted by molar-refractivity contribution is 6.00. The largest absolute Gasteiger partial charge is 0.393 e. The number of nitrogen functional groups attached to an aromatic ring is 1. The number of hydrogen-bond donors (Lipinski definition) is 2. The van der Waals surface area contributed by atoms with Crippen molar-refractivity contribution in [2.45, 2.75) is 32.1 Å². The van der Waals surface area contributed by atoms with Crippen LogP contribution in [0.1, 0.15) is 42.5 Å². The summed E-state index contributed by atoms with van der Waals surface area (Å²) >= 11 is 0. The fourth-order valence-corrected chi connectivity index (χ4v) is 2.69. The van der Waals surface area contributed by atoms with E-state index in [0.717, 1.165) is 6.42 Å². The van der Waals surface area contributed by atoms with Gasteiger partial charge in [-0.25, -0.2) is 0 Å². The Kier molecular flexibility index (Phi) is 4.55. The molecule has 108 valence electrons. The predicted octanol–water partition coefficient (Wildman–Crippen LogP) is 2.49. The van der Waals surface area contributed by atoms with Crippen LogP contribution < -0.4 is 11.1 Å². The van der Waals surface area contributed by atoms with E-state index in [9.17, 15) is 14.9 Å². The highest BCUT2D eigenvalue weighted by atomic mass is 16.6. The SMILES string of the molecule is Nc1c(C(=O)NCCC2CCCC2)cccc1[N+](=O)[O-]. The van der Waals surface area contributed by atoms with Gasteiger partial charge in [0.15, 0.2) is 0 Å². The average Bonchev–Trinajstić information content (AvgIpc) is 2.91. The van der Waals surface area contributed by atoms with E-state index in [0.29, 0.717) is 12.5 Å². The van der Waals surface area contributed by atoms with Crippen LogP contribution in [0.15, 0.2) is 18.2 Å². The molecule has 1 aromatic rings. The van der Waals surface area contributed by atoms with Crippen LogP contribution >= 0.6 is 0 Å². The summed E-state index contributed by atoms with van der Waals surface area (Å²) in [7, 11) is 0. The third kappa shape index (κ3) is 3.26. The fraction of sp³-hybridized carbons (Fsp3) is 0.500. The van der Waals surface area contributed by atoms with Gasteiger partial charge in [0, 0.05) is 12.6 Å². The molecular weight excluding hydrogens is 258 g/mol. The quantitative estimate of drug-likeness (QED) is 0.490. The minimum Gasteiger partial charge on any atom is -0.393 e. The minimum absolute atomic E-state index is 0.0733. The summed E-state index contributed by atoms with van der Waals surface area (Å²) in [6.45, 7) is 0.589.